The summed E-state index contributed by atoms with van der Waals surface area (Å²) in [5.41, 5.74) is 7.84. The Balaban J connectivity index is 3.00. The molecule has 0 fully saturated rings. The maximum atomic E-state index is 8.83. The third kappa shape index (κ3) is 2.21. The Bertz CT molecular complexity index is 301. The van der Waals surface area contributed by atoms with E-state index in [9.17, 15) is 0 Å². The molecule has 0 spiro atoms. The van der Waals surface area contributed by atoms with Gasteiger partial charge in [-0.25, -0.2) is 4.98 Å². The third-order valence-electron chi connectivity index (χ3n) is 2.27. The van der Waals surface area contributed by atoms with Crippen LogP contribution >= 0.6 is 0 Å². The van der Waals surface area contributed by atoms with Crippen LogP contribution in [0.1, 0.15) is 11.1 Å². The molecule has 0 aliphatic heterocycles. The van der Waals surface area contributed by atoms with Crippen molar-refractivity contribution in [2.45, 2.75) is 13.5 Å². The Hall–Kier alpha value is -1.13. The highest BCUT2D eigenvalue weighted by Gasteiger charge is 2.08. The lowest BCUT2D eigenvalue weighted by Crippen LogP contribution is -2.24. The number of aliphatic hydroxyl groups is 1. The predicted octanol–water partition coefficient (Wildman–Crippen LogP) is 0.277. The van der Waals surface area contributed by atoms with Gasteiger partial charge in [0.2, 0.25) is 0 Å². The Morgan fingerprint density at radius 2 is 2.29 bits per heavy atom. The summed E-state index contributed by atoms with van der Waals surface area (Å²) in [6, 6.07) is 1.94. The van der Waals surface area contributed by atoms with E-state index in [2.05, 4.69) is 4.98 Å². The van der Waals surface area contributed by atoms with Gasteiger partial charge in [0, 0.05) is 31.9 Å². The molecule has 0 bridgehead atoms. The summed E-state index contributed by atoms with van der Waals surface area (Å²) < 4.78 is 0. The first-order valence-electron chi connectivity index (χ1n) is 4.67. The first-order valence-corrected chi connectivity index (χ1v) is 4.67. The zero-order chi connectivity index (χ0) is 10.6. The fraction of sp³-hybridized carbons (Fsp3) is 0.500. The topological polar surface area (TPSA) is 62.4 Å². The summed E-state index contributed by atoms with van der Waals surface area (Å²) >= 11 is 0. The second kappa shape index (κ2) is 4.93. The Morgan fingerprint density at radius 3 is 2.86 bits per heavy atom. The number of anilines is 1. The summed E-state index contributed by atoms with van der Waals surface area (Å²) in [6.45, 7) is 3.19. The minimum Gasteiger partial charge on any atom is -0.395 e. The van der Waals surface area contributed by atoms with Gasteiger partial charge in [0.05, 0.1) is 6.61 Å². The second-order valence-corrected chi connectivity index (χ2v) is 3.28. The second-order valence-electron chi connectivity index (χ2n) is 3.28. The van der Waals surface area contributed by atoms with Crippen molar-refractivity contribution in [1.82, 2.24) is 4.98 Å². The molecule has 1 rings (SSSR count). The van der Waals surface area contributed by atoms with Gasteiger partial charge >= 0.3 is 0 Å². The van der Waals surface area contributed by atoms with Crippen molar-refractivity contribution >= 4 is 5.82 Å². The first kappa shape index (κ1) is 10.9. The van der Waals surface area contributed by atoms with Crippen molar-refractivity contribution in [2.24, 2.45) is 5.73 Å². The van der Waals surface area contributed by atoms with Crippen LogP contribution in [0.2, 0.25) is 0 Å². The number of likely N-dealkylation sites (N-methyl/N-ethyl adjacent to an activating group) is 1. The van der Waals surface area contributed by atoms with Gasteiger partial charge in [-0.2, -0.15) is 0 Å². The van der Waals surface area contributed by atoms with E-state index in [0.29, 0.717) is 13.1 Å². The molecule has 0 radical (unpaired) electrons. The van der Waals surface area contributed by atoms with E-state index in [4.69, 9.17) is 10.8 Å². The number of aromatic nitrogens is 1. The standard InChI is InChI=1S/C10H17N3O/c1-8-3-4-12-10(9(8)7-11)13(2)5-6-14/h3-4,14H,5-7,11H2,1-2H3. The molecule has 0 amide bonds. The highest BCUT2D eigenvalue weighted by Crippen LogP contribution is 2.18. The number of rotatable bonds is 4. The number of nitrogens with zero attached hydrogens (tertiary/aromatic N) is 2. The van der Waals surface area contributed by atoms with E-state index in [1.165, 1.54) is 0 Å². The number of aryl methyl sites for hydroxylation is 1. The molecule has 4 nitrogen and oxygen atoms in total. The molecule has 4 heteroatoms. The van der Waals surface area contributed by atoms with Gasteiger partial charge in [0.15, 0.2) is 0 Å². The van der Waals surface area contributed by atoms with Gasteiger partial charge in [-0.3, -0.25) is 0 Å². The van der Waals surface area contributed by atoms with Crippen LogP contribution in [-0.4, -0.2) is 30.3 Å². The summed E-state index contributed by atoms with van der Waals surface area (Å²) in [4.78, 5) is 6.18. The van der Waals surface area contributed by atoms with Gasteiger partial charge in [0.1, 0.15) is 5.82 Å². The van der Waals surface area contributed by atoms with Crippen molar-refractivity contribution in [3.05, 3.63) is 23.4 Å². The van der Waals surface area contributed by atoms with Gasteiger partial charge in [0.25, 0.3) is 0 Å². The molecule has 0 unspecified atom stereocenters. The molecular weight excluding hydrogens is 178 g/mol. The SMILES string of the molecule is Cc1ccnc(N(C)CCO)c1CN. The summed E-state index contributed by atoms with van der Waals surface area (Å²) in [5.74, 6) is 0.863. The van der Waals surface area contributed by atoms with E-state index in [1.807, 2.05) is 24.9 Å². The van der Waals surface area contributed by atoms with Gasteiger partial charge in [-0.1, -0.05) is 0 Å². The summed E-state index contributed by atoms with van der Waals surface area (Å²) in [6.07, 6.45) is 1.76. The lowest BCUT2D eigenvalue weighted by atomic mass is 10.1. The van der Waals surface area contributed by atoms with Crippen LogP contribution in [0.5, 0.6) is 0 Å². The quantitative estimate of drug-likeness (QED) is 0.724. The predicted molar refractivity (Wildman–Crippen MR) is 57.2 cm³/mol. The average molecular weight is 195 g/mol. The highest BCUT2D eigenvalue weighted by atomic mass is 16.3. The molecule has 0 aliphatic carbocycles. The smallest absolute Gasteiger partial charge is 0.133 e. The lowest BCUT2D eigenvalue weighted by molar-refractivity contribution is 0.303. The molecule has 0 aromatic carbocycles. The first-order chi connectivity index (χ1) is 6.70. The maximum absolute atomic E-state index is 8.83. The number of nitrogens with two attached hydrogens (primary N) is 1. The van der Waals surface area contributed by atoms with Crippen LogP contribution in [-0.2, 0) is 6.54 Å². The largest absolute Gasteiger partial charge is 0.395 e. The van der Waals surface area contributed by atoms with Crippen molar-refractivity contribution in [3.63, 3.8) is 0 Å². The zero-order valence-corrected chi connectivity index (χ0v) is 8.70. The third-order valence-corrected chi connectivity index (χ3v) is 2.27. The molecule has 0 saturated heterocycles. The van der Waals surface area contributed by atoms with E-state index in [0.717, 1.165) is 16.9 Å². The maximum Gasteiger partial charge on any atom is 0.133 e. The average Bonchev–Trinajstić information content (AvgIpc) is 2.17. The van der Waals surface area contributed by atoms with E-state index in [1.54, 1.807) is 6.20 Å². The van der Waals surface area contributed by atoms with Crippen LogP contribution < -0.4 is 10.6 Å². The Kier molecular flexibility index (Phi) is 3.85. The van der Waals surface area contributed by atoms with Crippen molar-refractivity contribution < 1.29 is 5.11 Å². The van der Waals surface area contributed by atoms with Crippen LogP contribution in [0, 0.1) is 6.92 Å². The number of hydrogen-bond acceptors (Lipinski definition) is 4. The molecule has 14 heavy (non-hydrogen) atoms. The monoisotopic (exact) mass is 195 g/mol. The number of pyridine rings is 1. The molecule has 0 aliphatic rings. The fourth-order valence-corrected chi connectivity index (χ4v) is 1.41. The van der Waals surface area contributed by atoms with Gasteiger partial charge in [-0.15, -0.1) is 0 Å². The fourth-order valence-electron chi connectivity index (χ4n) is 1.41. The normalized spacial score (nSPS) is 10.3. The van der Waals surface area contributed by atoms with E-state index < -0.39 is 0 Å². The van der Waals surface area contributed by atoms with Gasteiger partial charge in [-0.05, 0) is 18.6 Å². The molecule has 0 saturated carbocycles. The molecule has 1 aromatic heterocycles. The molecule has 3 N–H and O–H groups in total. The van der Waals surface area contributed by atoms with Gasteiger partial charge < -0.3 is 15.7 Å². The van der Waals surface area contributed by atoms with Crippen molar-refractivity contribution in [2.75, 3.05) is 25.1 Å². The molecule has 1 aromatic rings. The zero-order valence-electron chi connectivity index (χ0n) is 8.70. The lowest BCUT2D eigenvalue weighted by Gasteiger charge is -2.20. The highest BCUT2D eigenvalue weighted by molar-refractivity contribution is 5.49. The van der Waals surface area contributed by atoms with Crippen LogP contribution in [0.4, 0.5) is 5.82 Å². The van der Waals surface area contributed by atoms with E-state index >= 15 is 0 Å². The van der Waals surface area contributed by atoms with Crippen molar-refractivity contribution in [1.29, 1.82) is 0 Å². The van der Waals surface area contributed by atoms with Crippen LogP contribution in [0.25, 0.3) is 0 Å². The van der Waals surface area contributed by atoms with Crippen LogP contribution in [0.3, 0.4) is 0 Å². The number of aliphatic hydroxyl groups excluding tert-OH is 1. The summed E-state index contributed by atoms with van der Waals surface area (Å²) in [5, 5.41) is 8.83. The molecule has 78 valence electrons. The minimum absolute atomic E-state index is 0.121. The van der Waals surface area contributed by atoms with Crippen LogP contribution in [0.15, 0.2) is 12.3 Å². The minimum atomic E-state index is 0.121. The summed E-state index contributed by atoms with van der Waals surface area (Å²) in [7, 11) is 1.90. The molecule has 0 atom stereocenters. The van der Waals surface area contributed by atoms with E-state index in [-0.39, 0.29) is 6.61 Å². The van der Waals surface area contributed by atoms with Crippen molar-refractivity contribution in [3.8, 4) is 0 Å². The number of hydrogen-bond donors (Lipinski definition) is 2. The molecular formula is C10H17N3O. The Morgan fingerprint density at radius 1 is 1.57 bits per heavy atom. The molecule has 1 heterocycles. The Labute approximate surface area is 84.4 Å².